The molecule has 0 saturated carbocycles. The zero-order chi connectivity index (χ0) is 15.3. The third-order valence-electron chi connectivity index (χ3n) is 3.36. The van der Waals surface area contributed by atoms with Crippen LogP contribution in [-0.4, -0.2) is 26.9 Å². The summed E-state index contributed by atoms with van der Waals surface area (Å²) in [7, 11) is 3.28. The van der Waals surface area contributed by atoms with Gasteiger partial charge in [0, 0.05) is 12.7 Å². The van der Waals surface area contributed by atoms with E-state index in [4.69, 9.17) is 9.47 Å². The van der Waals surface area contributed by atoms with Crippen molar-refractivity contribution in [1.82, 2.24) is 5.32 Å². The van der Waals surface area contributed by atoms with Gasteiger partial charge in [-0.25, -0.2) is 4.39 Å². The average molecular weight is 283 g/mol. The van der Waals surface area contributed by atoms with Crippen molar-refractivity contribution in [2.75, 3.05) is 20.8 Å². The molecule has 1 aromatic rings. The Morgan fingerprint density at radius 3 is 2.35 bits per heavy atom. The van der Waals surface area contributed by atoms with E-state index in [1.54, 1.807) is 20.3 Å². The van der Waals surface area contributed by atoms with Crippen LogP contribution in [0.3, 0.4) is 0 Å². The van der Waals surface area contributed by atoms with E-state index in [-0.39, 0.29) is 23.4 Å². The van der Waals surface area contributed by atoms with Gasteiger partial charge in [-0.15, -0.1) is 0 Å². The maximum Gasteiger partial charge on any atom is 0.123 e. The Morgan fingerprint density at radius 2 is 1.90 bits per heavy atom. The van der Waals surface area contributed by atoms with Gasteiger partial charge < -0.3 is 14.8 Å². The molecule has 0 aromatic heterocycles. The first-order valence-corrected chi connectivity index (χ1v) is 6.94. The molecule has 0 bridgehead atoms. The summed E-state index contributed by atoms with van der Waals surface area (Å²) in [4.78, 5) is 0. The molecule has 2 atom stereocenters. The minimum absolute atomic E-state index is 0.0844. The molecule has 1 rings (SSSR count). The minimum atomic E-state index is -0.271. The summed E-state index contributed by atoms with van der Waals surface area (Å²) >= 11 is 0. The third kappa shape index (κ3) is 3.93. The minimum Gasteiger partial charge on any atom is -0.496 e. The maximum absolute atomic E-state index is 13.6. The Kier molecular flexibility index (Phi) is 5.96. The van der Waals surface area contributed by atoms with E-state index in [1.165, 1.54) is 12.1 Å². The van der Waals surface area contributed by atoms with E-state index in [9.17, 15) is 4.39 Å². The van der Waals surface area contributed by atoms with Crippen molar-refractivity contribution in [1.29, 1.82) is 0 Å². The molecule has 0 aliphatic carbocycles. The van der Waals surface area contributed by atoms with Gasteiger partial charge in [0.25, 0.3) is 0 Å². The van der Waals surface area contributed by atoms with Crippen LogP contribution >= 0.6 is 0 Å². The molecular weight excluding hydrogens is 257 g/mol. The number of hydrogen-bond acceptors (Lipinski definition) is 3. The SMILES string of the molecule is CCNC(c1cc(F)ccc1OC)C(OC)C(C)(C)C. The molecule has 20 heavy (non-hydrogen) atoms. The highest BCUT2D eigenvalue weighted by Gasteiger charge is 2.34. The molecule has 0 spiro atoms. The van der Waals surface area contributed by atoms with Gasteiger partial charge in [0.15, 0.2) is 0 Å². The molecule has 3 nitrogen and oxygen atoms in total. The lowest BCUT2D eigenvalue weighted by molar-refractivity contribution is -0.0121. The normalized spacial score (nSPS) is 14.9. The van der Waals surface area contributed by atoms with Crippen molar-refractivity contribution >= 4 is 0 Å². The number of benzene rings is 1. The lowest BCUT2D eigenvalue weighted by Gasteiger charge is -2.37. The molecule has 0 amide bonds. The van der Waals surface area contributed by atoms with Gasteiger partial charge in [-0.05, 0) is 30.2 Å². The van der Waals surface area contributed by atoms with E-state index < -0.39 is 0 Å². The largest absolute Gasteiger partial charge is 0.496 e. The highest BCUT2D eigenvalue weighted by Crippen LogP contribution is 2.36. The molecular formula is C16H26FNO2. The van der Waals surface area contributed by atoms with Crippen LogP contribution in [0, 0.1) is 11.2 Å². The van der Waals surface area contributed by atoms with Crippen LogP contribution in [-0.2, 0) is 4.74 Å². The predicted molar refractivity (Wildman–Crippen MR) is 79.6 cm³/mol. The summed E-state index contributed by atoms with van der Waals surface area (Å²) in [6.07, 6.45) is -0.0989. The third-order valence-corrected chi connectivity index (χ3v) is 3.36. The van der Waals surface area contributed by atoms with Crippen LogP contribution in [0.15, 0.2) is 18.2 Å². The Balaban J connectivity index is 3.28. The van der Waals surface area contributed by atoms with Crippen LogP contribution < -0.4 is 10.1 Å². The molecule has 0 radical (unpaired) electrons. The lowest BCUT2D eigenvalue weighted by Crippen LogP contribution is -2.41. The summed E-state index contributed by atoms with van der Waals surface area (Å²) in [5.74, 6) is 0.399. The van der Waals surface area contributed by atoms with Crippen LogP contribution in [0.2, 0.25) is 0 Å². The first-order chi connectivity index (χ1) is 9.35. The van der Waals surface area contributed by atoms with Crippen molar-refractivity contribution in [2.24, 2.45) is 5.41 Å². The monoisotopic (exact) mass is 283 g/mol. The van der Waals surface area contributed by atoms with E-state index in [0.717, 1.165) is 12.1 Å². The smallest absolute Gasteiger partial charge is 0.123 e. The van der Waals surface area contributed by atoms with Gasteiger partial charge >= 0.3 is 0 Å². The first-order valence-electron chi connectivity index (χ1n) is 6.94. The number of methoxy groups -OCH3 is 2. The van der Waals surface area contributed by atoms with Gasteiger partial charge in [-0.1, -0.05) is 27.7 Å². The number of ether oxygens (including phenoxy) is 2. The topological polar surface area (TPSA) is 30.5 Å². The number of halogens is 1. The fourth-order valence-electron chi connectivity index (χ4n) is 2.54. The average Bonchev–Trinajstić information content (AvgIpc) is 2.37. The van der Waals surface area contributed by atoms with Crippen molar-refractivity contribution in [3.05, 3.63) is 29.6 Å². The van der Waals surface area contributed by atoms with Gasteiger partial charge in [-0.2, -0.15) is 0 Å². The standard InChI is InChI=1S/C16H26FNO2/c1-7-18-14(15(20-6)16(2,3)4)12-10-11(17)8-9-13(12)19-5/h8-10,14-15,18H,7H2,1-6H3. The van der Waals surface area contributed by atoms with Crippen LogP contribution in [0.5, 0.6) is 5.75 Å². The highest BCUT2D eigenvalue weighted by atomic mass is 19.1. The molecule has 2 unspecified atom stereocenters. The molecule has 0 fully saturated rings. The molecule has 1 N–H and O–H groups in total. The van der Waals surface area contributed by atoms with Crippen LogP contribution in [0.25, 0.3) is 0 Å². The second kappa shape index (κ2) is 7.04. The Morgan fingerprint density at radius 1 is 1.25 bits per heavy atom. The van der Waals surface area contributed by atoms with Crippen LogP contribution in [0.4, 0.5) is 4.39 Å². The molecule has 0 saturated heterocycles. The fourth-order valence-corrected chi connectivity index (χ4v) is 2.54. The van der Waals surface area contributed by atoms with Crippen molar-refractivity contribution < 1.29 is 13.9 Å². The van der Waals surface area contributed by atoms with E-state index in [0.29, 0.717) is 5.75 Å². The maximum atomic E-state index is 13.6. The first kappa shape index (κ1) is 16.9. The Bertz CT molecular complexity index is 429. The van der Waals surface area contributed by atoms with Gasteiger partial charge in [0.1, 0.15) is 11.6 Å². The summed E-state index contributed by atoms with van der Waals surface area (Å²) in [6, 6.07) is 4.45. The van der Waals surface area contributed by atoms with Gasteiger partial charge in [-0.3, -0.25) is 0 Å². The van der Waals surface area contributed by atoms with E-state index >= 15 is 0 Å². The predicted octanol–water partition coefficient (Wildman–Crippen LogP) is 3.55. The molecule has 0 aliphatic rings. The molecule has 1 aromatic carbocycles. The molecule has 114 valence electrons. The fraction of sp³-hybridized carbons (Fsp3) is 0.625. The molecule has 0 aliphatic heterocycles. The summed E-state index contributed by atoms with van der Waals surface area (Å²) in [5, 5.41) is 3.39. The zero-order valence-corrected chi connectivity index (χ0v) is 13.3. The number of rotatable bonds is 6. The van der Waals surface area contributed by atoms with Gasteiger partial charge in [0.05, 0.1) is 19.3 Å². The van der Waals surface area contributed by atoms with Gasteiger partial charge in [0.2, 0.25) is 0 Å². The summed E-state index contributed by atoms with van der Waals surface area (Å²) in [6.45, 7) is 9.11. The quantitative estimate of drug-likeness (QED) is 0.866. The number of likely N-dealkylation sites (N-methyl/N-ethyl adjacent to an activating group) is 1. The highest BCUT2D eigenvalue weighted by molar-refractivity contribution is 5.37. The second-order valence-corrected chi connectivity index (χ2v) is 5.94. The van der Waals surface area contributed by atoms with Crippen LogP contribution in [0.1, 0.15) is 39.3 Å². The lowest BCUT2D eigenvalue weighted by atomic mass is 9.81. The van der Waals surface area contributed by atoms with Crippen molar-refractivity contribution in [3.8, 4) is 5.75 Å². The molecule has 0 heterocycles. The summed E-state index contributed by atoms with van der Waals surface area (Å²) in [5.41, 5.74) is 0.704. The van der Waals surface area contributed by atoms with Crippen molar-refractivity contribution in [3.63, 3.8) is 0 Å². The molecule has 4 heteroatoms. The Labute approximate surface area is 121 Å². The second-order valence-electron chi connectivity index (χ2n) is 5.94. The van der Waals surface area contributed by atoms with E-state index in [1.807, 2.05) is 6.92 Å². The zero-order valence-electron chi connectivity index (χ0n) is 13.3. The van der Waals surface area contributed by atoms with Crippen molar-refractivity contribution in [2.45, 2.75) is 39.8 Å². The summed E-state index contributed by atoms with van der Waals surface area (Å²) < 4.78 is 24.7. The number of hydrogen-bond donors (Lipinski definition) is 1. The number of nitrogens with one attached hydrogen (secondary N) is 1. The van der Waals surface area contributed by atoms with E-state index in [2.05, 4.69) is 26.1 Å². The Hall–Kier alpha value is -1.13.